The van der Waals surface area contributed by atoms with E-state index in [-0.39, 0.29) is 17.0 Å². The fraction of sp³-hybridized carbons (Fsp3) is 0.556. The highest BCUT2D eigenvalue weighted by Gasteiger charge is 2.44. The molecular weight excluding hydrogens is 308 g/mol. The maximum absolute atomic E-state index is 12.5. The number of amides is 1. The average Bonchev–Trinajstić information content (AvgIpc) is 2.73. The fourth-order valence-electron chi connectivity index (χ4n) is 2.47. The van der Waals surface area contributed by atoms with Gasteiger partial charge < -0.3 is 4.74 Å². The Morgan fingerprint density at radius 1 is 1.39 bits per heavy atom. The van der Waals surface area contributed by atoms with Crippen molar-refractivity contribution in [3.05, 3.63) is 35.9 Å². The Morgan fingerprint density at radius 2 is 2.04 bits per heavy atom. The number of benzene rings is 1. The second-order valence-corrected chi connectivity index (χ2v) is 8.77. The van der Waals surface area contributed by atoms with Crippen LogP contribution in [0.1, 0.15) is 40.2 Å². The van der Waals surface area contributed by atoms with Gasteiger partial charge >= 0.3 is 6.09 Å². The number of thioether (sulfide) groups is 1. The van der Waals surface area contributed by atoms with Crippen LogP contribution in [-0.4, -0.2) is 39.5 Å². The Balaban J connectivity index is 2.06. The van der Waals surface area contributed by atoms with Gasteiger partial charge in [-0.25, -0.2) is 4.79 Å². The Morgan fingerprint density at radius 3 is 2.65 bits per heavy atom. The molecule has 0 spiro atoms. The molecule has 1 atom stereocenters. The average molecular weight is 334 g/mol. The predicted molar refractivity (Wildman–Crippen MR) is 97.0 cm³/mol. The van der Waals surface area contributed by atoms with E-state index in [0.29, 0.717) is 6.54 Å². The molecule has 1 heterocycles. The molecule has 1 saturated heterocycles. The van der Waals surface area contributed by atoms with Gasteiger partial charge in [-0.1, -0.05) is 30.3 Å². The van der Waals surface area contributed by atoms with E-state index >= 15 is 0 Å². The fourth-order valence-corrected chi connectivity index (χ4v) is 3.63. The summed E-state index contributed by atoms with van der Waals surface area (Å²) in [6.07, 6.45) is 1.61. The van der Waals surface area contributed by atoms with Gasteiger partial charge in [-0.3, -0.25) is 9.89 Å². The lowest BCUT2D eigenvalue weighted by Crippen LogP contribution is -2.49. The number of ether oxygens (including phenoxy) is 1. The molecule has 0 aromatic heterocycles. The van der Waals surface area contributed by atoms with Crippen LogP contribution in [0.4, 0.5) is 4.79 Å². The van der Waals surface area contributed by atoms with Crippen LogP contribution >= 0.6 is 11.8 Å². The molecule has 4 nitrogen and oxygen atoms in total. The SMILES string of the molecule is CC(C)(C)OC(=O)N1[C@H](C=NCc2ccccc2)CSC1(C)C. The molecule has 1 aromatic carbocycles. The van der Waals surface area contributed by atoms with Crippen LogP contribution in [0.5, 0.6) is 0 Å². The minimum Gasteiger partial charge on any atom is -0.444 e. The van der Waals surface area contributed by atoms with Gasteiger partial charge in [0.05, 0.1) is 17.5 Å². The first kappa shape index (κ1) is 17.9. The smallest absolute Gasteiger partial charge is 0.411 e. The number of hydrogen-bond acceptors (Lipinski definition) is 4. The van der Waals surface area contributed by atoms with Crippen LogP contribution in [0, 0.1) is 0 Å². The monoisotopic (exact) mass is 334 g/mol. The van der Waals surface area contributed by atoms with Crippen LogP contribution in [0.15, 0.2) is 35.3 Å². The van der Waals surface area contributed by atoms with Crippen LogP contribution in [0.25, 0.3) is 0 Å². The van der Waals surface area contributed by atoms with E-state index in [9.17, 15) is 4.79 Å². The van der Waals surface area contributed by atoms with Crippen LogP contribution in [0.2, 0.25) is 0 Å². The zero-order valence-electron chi connectivity index (χ0n) is 14.6. The summed E-state index contributed by atoms with van der Waals surface area (Å²) >= 11 is 1.75. The summed E-state index contributed by atoms with van der Waals surface area (Å²) in [5.74, 6) is 0.838. The van der Waals surface area contributed by atoms with Gasteiger partial charge in [0.2, 0.25) is 0 Å². The molecule has 1 aliphatic heterocycles. The molecule has 23 heavy (non-hydrogen) atoms. The molecule has 0 unspecified atom stereocenters. The minimum absolute atomic E-state index is 0.0337. The second-order valence-electron chi connectivity index (χ2n) is 7.15. The van der Waals surface area contributed by atoms with E-state index in [0.717, 1.165) is 11.3 Å². The maximum atomic E-state index is 12.5. The van der Waals surface area contributed by atoms with Gasteiger partial charge in [-0.15, -0.1) is 11.8 Å². The third-order valence-electron chi connectivity index (χ3n) is 3.50. The van der Waals surface area contributed by atoms with E-state index in [4.69, 9.17) is 4.74 Å². The summed E-state index contributed by atoms with van der Waals surface area (Å²) in [6, 6.07) is 10.1. The summed E-state index contributed by atoms with van der Waals surface area (Å²) in [6.45, 7) is 10.4. The van der Waals surface area contributed by atoms with Crippen LogP contribution < -0.4 is 0 Å². The Bertz CT molecular complexity index is 564. The van der Waals surface area contributed by atoms with E-state index in [1.807, 2.05) is 59.0 Å². The van der Waals surface area contributed by atoms with Gasteiger partial charge in [-0.2, -0.15) is 0 Å². The van der Waals surface area contributed by atoms with Crippen molar-refractivity contribution in [2.75, 3.05) is 5.75 Å². The standard InChI is InChI=1S/C18H26N2O2S/c1-17(2,3)22-16(21)20-15(13-23-18(20,4)5)12-19-11-14-9-7-6-8-10-14/h6-10,12,15H,11,13H2,1-5H3/t15-/m1/s1. The highest BCUT2D eigenvalue weighted by molar-refractivity contribution is 8.00. The molecule has 1 amide bonds. The molecule has 5 heteroatoms. The molecule has 0 radical (unpaired) electrons. The van der Waals surface area contributed by atoms with Crippen molar-refractivity contribution in [1.82, 2.24) is 4.90 Å². The Hall–Kier alpha value is -1.49. The number of hydrogen-bond donors (Lipinski definition) is 0. The molecule has 0 bridgehead atoms. The van der Waals surface area contributed by atoms with E-state index in [1.165, 1.54) is 0 Å². The molecule has 0 saturated carbocycles. The van der Waals surface area contributed by atoms with Crippen molar-refractivity contribution in [2.24, 2.45) is 4.99 Å². The van der Waals surface area contributed by atoms with Crippen molar-refractivity contribution in [1.29, 1.82) is 0 Å². The van der Waals surface area contributed by atoms with Crippen molar-refractivity contribution in [3.63, 3.8) is 0 Å². The molecule has 0 aliphatic carbocycles. The zero-order chi connectivity index (χ0) is 17.1. The molecule has 1 fully saturated rings. The van der Waals surface area contributed by atoms with Gasteiger partial charge in [0.15, 0.2) is 0 Å². The lowest BCUT2D eigenvalue weighted by molar-refractivity contribution is 0.0155. The molecular formula is C18H26N2O2S. The number of carbonyl (C=O) groups is 1. The summed E-state index contributed by atoms with van der Waals surface area (Å²) in [5.41, 5.74) is 0.670. The highest BCUT2D eigenvalue weighted by Crippen LogP contribution is 2.39. The number of rotatable bonds is 3. The van der Waals surface area contributed by atoms with Crippen molar-refractivity contribution in [2.45, 2.75) is 57.7 Å². The van der Waals surface area contributed by atoms with Gasteiger partial charge in [0.25, 0.3) is 0 Å². The van der Waals surface area contributed by atoms with Gasteiger partial charge in [0, 0.05) is 12.0 Å². The topological polar surface area (TPSA) is 41.9 Å². The molecule has 1 aromatic rings. The van der Waals surface area contributed by atoms with Gasteiger partial charge in [-0.05, 0) is 40.2 Å². The first-order valence-electron chi connectivity index (χ1n) is 7.89. The molecule has 2 rings (SSSR count). The quantitative estimate of drug-likeness (QED) is 0.772. The number of carbonyl (C=O) groups excluding carboxylic acids is 1. The lowest BCUT2D eigenvalue weighted by atomic mass is 10.2. The normalized spacial score (nSPS) is 20.9. The van der Waals surface area contributed by atoms with E-state index in [2.05, 4.69) is 17.1 Å². The predicted octanol–water partition coefficient (Wildman–Crippen LogP) is 4.35. The maximum Gasteiger partial charge on any atom is 0.411 e. The Kier molecular flexibility index (Phi) is 5.40. The molecule has 1 aliphatic rings. The van der Waals surface area contributed by atoms with Crippen LogP contribution in [-0.2, 0) is 11.3 Å². The second kappa shape index (κ2) is 6.95. The van der Waals surface area contributed by atoms with Crippen molar-refractivity contribution < 1.29 is 9.53 Å². The highest BCUT2D eigenvalue weighted by atomic mass is 32.2. The third kappa shape index (κ3) is 4.99. The van der Waals surface area contributed by atoms with Gasteiger partial charge in [0.1, 0.15) is 5.60 Å². The van der Waals surface area contributed by atoms with E-state index < -0.39 is 5.60 Å². The molecule has 126 valence electrons. The first-order chi connectivity index (χ1) is 10.7. The molecule has 0 N–H and O–H groups in total. The minimum atomic E-state index is -0.494. The first-order valence-corrected chi connectivity index (χ1v) is 8.88. The number of aliphatic imine (C=N–C) groups is 1. The Labute approximate surface area is 143 Å². The summed E-state index contributed by atoms with van der Waals surface area (Å²) in [4.78, 5) is 18.6. The third-order valence-corrected chi connectivity index (χ3v) is 4.91. The largest absolute Gasteiger partial charge is 0.444 e. The van der Waals surface area contributed by atoms with E-state index in [1.54, 1.807) is 16.7 Å². The zero-order valence-corrected chi connectivity index (χ0v) is 15.4. The summed E-state index contributed by atoms with van der Waals surface area (Å²) in [5, 5.41) is 0. The lowest BCUT2D eigenvalue weighted by Gasteiger charge is -2.34. The summed E-state index contributed by atoms with van der Waals surface area (Å²) < 4.78 is 5.56. The van der Waals surface area contributed by atoms with Crippen molar-refractivity contribution >= 4 is 24.1 Å². The number of nitrogens with zero attached hydrogens (tertiary/aromatic N) is 2. The van der Waals surface area contributed by atoms with Crippen LogP contribution in [0.3, 0.4) is 0 Å². The van der Waals surface area contributed by atoms with Crippen molar-refractivity contribution in [3.8, 4) is 0 Å². The summed E-state index contributed by atoms with van der Waals surface area (Å²) in [7, 11) is 0.